The van der Waals surface area contributed by atoms with Crippen LogP contribution >= 0.6 is 0 Å². The van der Waals surface area contributed by atoms with Crippen LogP contribution in [0.4, 0.5) is 16.2 Å². The Balaban J connectivity index is 1.58. The number of quaternary nitrogens is 1. The van der Waals surface area contributed by atoms with E-state index < -0.39 is 6.09 Å². The van der Waals surface area contributed by atoms with Crippen LogP contribution in [0.2, 0.25) is 0 Å². The van der Waals surface area contributed by atoms with Gasteiger partial charge in [-0.2, -0.15) is 4.65 Å². The van der Waals surface area contributed by atoms with Gasteiger partial charge in [-0.3, -0.25) is 5.32 Å². The zero-order chi connectivity index (χ0) is 18.5. The Hall–Kier alpha value is -2.57. The first kappa shape index (κ1) is 16.9. The van der Waals surface area contributed by atoms with Crippen molar-refractivity contribution in [3.05, 3.63) is 54.1 Å². The molecule has 2 N–H and O–H groups in total. The number of rotatable bonds is 2. The molecule has 0 radical (unpaired) electrons. The molecule has 6 heteroatoms. The largest absolute Gasteiger partial charge is 0.417 e. The zero-order valence-corrected chi connectivity index (χ0v) is 15.3. The SMILES string of the molecule is CN1c2ccc(OC(=O)Nc3ccccc3)cc2[C@]2(C)CC[N+](C)(O)[C@H]12. The molecule has 2 aromatic rings. The van der Waals surface area contributed by atoms with Gasteiger partial charge >= 0.3 is 6.09 Å². The second-order valence-electron chi connectivity index (χ2n) is 7.65. The lowest BCUT2D eigenvalue weighted by Gasteiger charge is -2.34. The zero-order valence-electron chi connectivity index (χ0n) is 15.3. The average molecular weight is 354 g/mol. The summed E-state index contributed by atoms with van der Waals surface area (Å²) in [6, 6.07) is 14.9. The van der Waals surface area contributed by atoms with Crippen LogP contribution in [0.3, 0.4) is 0 Å². The molecule has 3 atom stereocenters. The molecule has 4 rings (SSSR count). The summed E-state index contributed by atoms with van der Waals surface area (Å²) in [4.78, 5) is 14.3. The molecule has 6 nitrogen and oxygen atoms in total. The van der Waals surface area contributed by atoms with Crippen molar-refractivity contribution in [2.24, 2.45) is 0 Å². The Morgan fingerprint density at radius 2 is 2.04 bits per heavy atom. The maximum absolute atomic E-state index is 12.2. The van der Waals surface area contributed by atoms with Gasteiger partial charge in [0.05, 0.1) is 5.41 Å². The van der Waals surface area contributed by atoms with Crippen LogP contribution in [0.15, 0.2) is 48.5 Å². The van der Waals surface area contributed by atoms with Gasteiger partial charge in [-0.25, -0.2) is 10.0 Å². The van der Waals surface area contributed by atoms with Crippen molar-refractivity contribution in [3.8, 4) is 5.75 Å². The van der Waals surface area contributed by atoms with E-state index in [1.54, 1.807) is 6.07 Å². The lowest BCUT2D eigenvalue weighted by molar-refractivity contribution is -1.10. The fourth-order valence-electron chi connectivity index (χ4n) is 4.65. The van der Waals surface area contributed by atoms with Crippen LogP contribution in [0, 0.1) is 0 Å². The van der Waals surface area contributed by atoms with E-state index in [-0.39, 0.29) is 16.2 Å². The minimum Gasteiger partial charge on any atom is -0.410 e. The standard InChI is InChI=1S/C20H23N3O3/c1-20-11-12-23(3,25)18(20)22(2)17-10-9-15(13-16(17)20)26-19(24)21-14-7-5-4-6-8-14/h4-10,13,18,25H,11-12H2,1-3H3/p+1/t18-,20-,23?/m0/s1. The summed E-state index contributed by atoms with van der Waals surface area (Å²) in [5, 5.41) is 13.5. The number of carbonyl (C=O) groups excluding carboxylic acids is 1. The van der Waals surface area contributed by atoms with Crippen molar-refractivity contribution in [1.82, 2.24) is 0 Å². The maximum atomic E-state index is 12.2. The number of fused-ring (bicyclic) bond motifs is 3. The van der Waals surface area contributed by atoms with Crippen molar-refractivity contribution in [2.75, 3.05) is 30.9 Å². The molecule has 2 heterocycles. The number of hydrogen-bond acceptors (Lipinski definition) is 4. The molecule has 2 aliphatic rings. The number of carbonyl (C=O) groups is 1. The molecule has 2 aliphatic heterocycles. The Morgan fingerprint density at radius 3 is 2.77 bits per heavy atom. The lowest BCUT2D eigenvalue weighted by Crippen LogP contribution is -2.56. The van der Waals surface area contributed by atoms with E-state index in [1.807, 2.05) is 56.6 Å². The highest BCUT2D eigenvalue weighted by Crippen LogP contribution is 2.53. The molecular weight excluding hydrogens is 330 g/mol. The van der Waals surface area contributed by atoms with Gasteiger partial charge in [0.25, 0.3) is 0 Å². The lowest BCUT2D eigenvalue weighted by atomic mass is 9.81. The highest BCUT2D eigenvalue weighted by Gasteiger charge is 2.61. The number of amides is 1. The quantitative estimate of drug-likeness (QED) is 0.810. The summed E-state index contributed by atoms with van der Waals surface area (Å²) >= 11 is 0. The third kappa shape index (κ3) is 2.53. The van der Waals surface area contributed by atoms with Crippen LogP contribution in [-0.4, -0.2) is 42.8 Å². The Bertz CT molecular complexity index is 853. The number of para-hydroxylation sites is 1. The van der Waals surface area contributed by atoms with E-state index in [1.165, 1.54) is 0 Å². The molecule has 0 aromatic heterocycles. The van der Waals surface area contributed by atoms with Gasteiger partial charge in [-0.05, 0) is 42.8 Å². The fourth-order valence-corrected chi connectivity index (χ4v) is 4.65. The number of hydroxylamine groups is 3. The molecule has 0 bridgehead atoms. The van der Waals surface area contributed by atoms with Crippen molar-refractivity contribution < 1.29 is 19.4 Å². The number of hydrogen-bond donors (Lipinski definition) is 2. The molecule has 1 fully saturated rings. The second kappa shape index (κ2) is 5.72. The molecule has 1 saturated heterocycles. The van der Waals surface area contributed by atoms with Gasteiger partial charge in [0, 0.05) is 24.8 Å². The number of nitrogens with zero attached hydrogens (tertiary/aromatic N) is 2. The van der Waals surface area contributed by atoms with Gasteiger partial charge in [-0.15, -0.1) is 0 Å². The smallest absolute Gasteiger partial charge is 0.410 e. The first-order valence-electron chi connectivity index (χ1n) is 8.80. The average Bonchev–Trinajstić information content (AvgIpc) is 2.98. The van der Waals surface area contributed by atoms with Crippen LogP contribution in [0.1, 0.15) is 18.9 Å². The monoisotopic (exact) mass is 354 g/mol. The van der Waals surface area contributed by atoms with Crippen molar-refractivity contribution >= 4 is 17.5 Å². The highest BCUT2D eigenvalue weighted by atomic mass is 16.6. The van der Waals surface area contributed by atoms with Crippen LogP contribution in [-0.2, 0) is 5.41 Å². The molecule has 136 valence electrons. The summed E-state index contributed by atoms with van der Waals surface area (Å²) < 4.78 is 5.47. The number of likely N-dealkylation sites (tertiary alicyclic amines) is 1. The summed E-state index contributed by atoms with van der Waals surface area (Å²) in [6.07, 6.45) is 0.325. The Kier molecular flexibility index (Phi) is 3.71. The van der Waals surface area contributed by atoms with E-state index in [2.05, 4.69) is 17.1 Å². The normalized spacial score (nSPS) is 29.2. The molecule has 2 aromatic carbocycles. The number of benzene rings is 2. The molecule has 0 spiro atoms. The summed E-state index contributed by atoms with van der Waals surface area (Å²) in [7, 11) is 3.86. The summed E-state index contributed by atoms with van der Waals surface area (Å²) in [5.74, 6) is 0.506. The molecule has 0 aliphatic carbocycles. The first-order chi connectivity index (χ1) is 12.3. The summed E-state index contributed by atoms with van der Waals surface area (Å²) in [5.41, 5.74) is 2.70. The third-order valence-electron chi connectivity index (χ3n) is 5.74. The topological polar surface area (TPSA) is 61.8 Å². The van der Waals surface area contributed by atoms with Crippen molar-refractivity contribution in [3.63, 3.8) is 0 Å². The predicted molar refractivity (Wildman–Crippen MR) is 99.5 cm³/mol. The van der Waals surface area contributed by atoms with Crippen LogP contribution in [0.5, 0.6) is 5.75 Å². The number of likely N-dealkylation sites (N-methyl/N-ethyl adjacent to an activating group) is 2. The van der Waals surface area contributed by atoms with Crippen molar-refractivity contribution in [1.29, 1.82) is 0 Å². The van der Waals surface area contributed by atoms with Gasteiger partial charge < -0.3 is 9.64 Å². The van der Waals surface area contributed by atoms with Gasteiger partial charge in [0.1, 0.15) is 19.3 Å². The number of anilines is 2. The number of nitrogens with one attached hydrogen (secondary N) is 1. The minimum atomic E-state index is -0.515. The molecule has 26 heavy (non-hydrogen) atoms. The fraction of sp³-hybridized carbons (Fsp3) is 0.350. The van der Waals surface area contributed by atoms with Gasteiger partial charge in [0.2, 0.25) is 6.17 Å². The predicted octanol–water partition coefficient (Wildman–Crippen LogP) is 3.57. The molecular formula is C20H24N3O3+. The highest BCUT2D eigenvalue weighted by molar-refractivity contribution is 5.86. The van der Waals surface area contributed by atoms with Crippen LogP contribution in [0.25, 0.3) is 0 Å². The van der Waals surface area contributed by atoms with E-state index in [0.29, 0.717) is 18.0 Å². The second-order valence-corrected chi connectivity index (χ2v) is 7.65. The van der Waals surface area contributed by atoms with E-state index >= 15 is 0 Å². The minimum absolute atomic E-state index is 0.0215. The van der Waals surface area contributed by atoms with E-state index in [0.717, 1.165) is 17.7 Å². The molecule has 0 saturated carbocycles. The number of ether oxygens (including phenoxy) is 1. The van der Waals surface area contributed by atoms with Crippen molar-refractivity contribution in [2.45, 2.75) is 24.9 Å². The molecule has 1 unspecified atom stereocenters. The first-order valence-corrected chi connectivity index (χ1v) is 8.80. The Labute approximate surface area is 153 Å². The molecule has 1 amide bonds. The van der Waals surface area contributed by atoms with E-state index in [4.69, 9.17) is 4.74 Å². The van der Waals surface area contributed by atoms with E-state index in [9.17, 15) is 10.0 Å². The Morgan fingerprint density at radius 1 is 1.31 bits per heavy atom. The van der Waals surface area contributed by atoms with Gasteiger partial charge in [-0.1, -0.05) is 18.2 Å². The van der Waals surface area contributed by atoms with Crippen LogP contribution < -0.4 is 15.0 Å². The van der Waals surface area contributed by atoms with Gasteiger partial charge in [0.15, 0.2) is 0 Å². The maximum Gasteiger partial charge on any atom is 0.417 e. The summed E-state index contributed by atoms with van der Waals surface area (Å²) in [6.45, 7) is 2.87. The third-order valence-corrected chi connectivity index (χ3v) is 5.74.